The van der Waals surface area contributed by atoms with Crippen molar-refractivity contribution >= 4 is 23.2 Å². The quantitative estimate of drug-likeness (QED) is 0.795. The third-order valence-electron chi connectivity index (χ3n) is 5.97. The molecule has 3 fully saturated rings. The number of benzene rings is 1. The van der Waals surface area contributed by atoms with Gasteiger partial charge < -0.3 is 5.32 Å². The van der Waals surface area contributed by atoms with Gasteiger partial charge in [-0.25, -0.2) is 0 Å². The molecule has 114 valence electrons. The molecule has 0 amide bonds. The van der Waals surface area contributed by atoms with E-state index in [1.165, 1.54) is 50.6 Å². The van der Waals surface area contributed by atoms with Crippen LogP contribution in [-0.2, 0) is 6.42 Å². The summed E-state index contributed by atoms with van der Waals surface area (Å²) in [6.45, 7) is 1.17. The Labute approximate surface area is 137 Å². The molecule has 0 saturated heterocycles. The zero-order chi connectivity index (χ0) is 14.4. The summed E-state index contributed by atoms with van der Waals surface area (Å²) in [7, 11) is 0. The maximum Gasteiger partial charge on any atom is 0.0439 e. The van der Waals surface area contributed by atoms with E-state index in [0.717, 1.165) is 34.3 Å². The Hall–Kier alpha value is -0.240. The molecule has 1 N–H and O–H groups in total. The largest absolute Gasteiger partial charge is 0.313 e. The van der Waals surface area contributed by atoms with Crippen LogP contribution in [0, 0.1) is 17.3 Å². The van der Waals surface area contributed by atoms with Crippen molar-refractivity contribution in [2.45, 2.75) is 51.0 Å². The van der Waals surface area contributed by atoms with Crippen LogP contribution in [0.3, 0.4) is 0 Å². The fourth-order valence-electron chi connectivity index (χ4n) is 4.75. The SMILES string of the molecule is Clc1ccc(Cl)c(CC2(CNC3CC3)CC3CCC2C3)c1. The number of fused-ring (bicyclic) bond motifs is 2. The van der Waals surface area contributed by atoms with Gasteiger partial charge in [0.2, 0.25) is 0 Å². The second-order valence-corrected chi connectivity index (χ2v) is 8.35. The lowest BCUT2D eigenvalue weighted by molar-refractivity contribution is 0.155. The summed E-state index contributed by atoms with van der Waals surface area (Å²) in [6.07, 6.45) is 9.48. The molecule has 21 heavy (non-hydrogen) atoms. The van der Waals surface area contributed by atoms with Crippen LogP contribution in [-0.4, -0.2) is 12.6 Å². The third-order valence-corrected chi connectivity index (χ3v) is 6.58. The van der Waals surface area contributed by atoms with Gasteiger partial charge in [-0.15, -0.1) is 0 Å². The predicted molar refractivity (Wildman–Crippen MR) is 89.1 cm³/mol. The Bertz CT molecular complexity index is 540. The van der Waals surface area contributed by atoms with Crippen LogP contribution in [0.2, 0.25) is 10.0 Å². The molecule has 1 aromatic rings. The van der Waals surface area contributed by atoms with E-state index >= 15 is 0 Å². The minimum atomic E-state index is 0.416. The van der Waals surface area contributed by atoms with Gasteiger partial charge in [-0.2, -0.15) is 0 Å². The molecule has 1 nitrogen and oxygen atoms in total. The highest BCUT2D eigenvalue weighted by atomic mass is 35.5. The number of hydrogen-bond acceptors (Lipinski definition) is 1. The van der Waals surface area contributed by atoms with E-state index in [0.29, 0.717) is 5.41 Å². The topological polar surface area (TPSA) is 12.0 Å². The van der Waals surface area contributed by atoms with Crippen molar-refractivity contribution < 1.29 is 0 Å². The lowest BCUT2D eigenvalue weighted by Crippen LogP contribution is -2.41. The molecule has 0 heterocycles. The molecule has 3 unspecified atom stereocenters. The van der Waals surface area contributed by atoms with Gasteiger partial charge in [0, 0.05) is 22.6 Å². The van der Waals surface area contributed by atoms with E-state index in [1.54, 1.807) is 0 Å². The van der Waals surface area contributed by atoms with Gasteiger partial charge in [0.1, 0.15) is 0 Å². The van der Waals surface area contributed by atoms with Gasteiger partial charge in [-0.3, -0.25) is 0 Å². The van der Waals surface area contributed by atoms with Gasteiger partial charge >= 0.3 is 0 Å². The summed E-state index contributed by atoms with van der Waals surface area (Å²) in [5.41, 5.74) is 1.66. The average molecular weight is 324 g/mol. The first-order chi connectivity index (χ1) is 10.1. The first-order valence-electron chi connectivity index (χ1n) is 8.32. The molecule has 2 bridgehead atoms. The Kier molecular flexibility index (Phi) is 3.72. The smallest absolute Gasteiger partial charge is 0.0439 e. The maximum atomic E-state index is 6.43. The lowest BCUT2D eigenvalue weighted by Gasteiger charge is -2.39. The molecule has 4 rings (SSSR count). The van der Waals surface area contributed by atoms with Crippen molar-refractivity contribution in [2.75, 3.05) is 6.54 Å². The van der Waals surface area contributed by atoms with E-state index < -0.39 is 0 Å². The van der Waals surface area contributed by atoms with Gasteiger partial charge in [0.05, 0.1) is 0 Å². The summed E-state index contributed by atoms with van der Waals surface area (Å²) < 4.78 is 0. The zero-order valence-electron chi connectivity index (χ0n) is 12.4. The van der Waals surface area contributed by atoms with Gasteiger partial charge in [-0.1, -0.05) is 29.6 Å². The highest BCUT2D eigenvalue weighted by molar-refractivity contribution is 6.33. The molecule has 3 aliphatic rings. The van der Waals surface area contributed by atoms with Crippen LogP contribution < -0.4 is 5.32 Å². The van der Waals surface area contributed by atoms with Crippen molar-refractivity contribution in [3.63, 3.8) is 0 Å². The number of halogens is 2. The molecule has 3 atom stereocenters. The highest BCUT2D eigenvalue weighted by Crippen LogP contribution is 2.57. The monoisotopic (exact) mass is 323 g/mol. The van der Waals surface area contributed by atoms with Crippen LogP contribution in [0.15, 0.2) is 18.2 Å². The molecule has 3 aliphatic carbocycles. The van der Waals surface area contributed by atoms with E-state index in [-0.39, 0.29) is 0 Å². The summed E-state index contributed by atoms with van der Waals surface area (Å²) >= 11 is 12.6. The molecule has 0 aliphatic heterocycles. The summed E-state index contributed by atoms with van der Waals surface area (Å²) in [4.78, 5) is 0. The first-order valence-corrected chi connectivity index (χ1v) is 9.07. The van der Waals surface area contributed by atoms with Crippen molar-refractivity contribution in [1.82, 2.24) is 5.32 Å². The van der Waals surface area contributed by atoms with Crippen LogP contribution >= 0.6 is 23.2 Å². The maximum absolute atomic E-state index is 6.43. The fraction of sp³-hybridized carbons (Fsp3) is 0.667. The third kappa shape index (κ3) is 2.85. The Morgan fingerprint density at radius 3 is 2.67 bits per heavy atom. The summed E-state index contributed by atoms with van der Waals surface area (Å²) in [5, 5.41) is 5.49. The van der Waals surface area contributed by atoms with Crippen molar-refractivity contribution in [2.24, 2.45) is 17.3 Å². The Morgan fingerprint density at radius 1 is 1.14 bits per heavy atom. The molecule has 0 spiro atoms. The van der Waals surface area contributed by atoms with Crippen LogP contribution in [0.5, 0.6) is 0 Å². The van der Waals surface area contributed by atoms with E-state index in [2.05, 4.69) is 11.4 Å². The first kappa shape index (κ1) is 14.4. The second-order valence-electron chi connectivity index (χ2n) is 7.51. The lowest BCUT2D eigenvalue weighted by atomic mass is 9.69. The molecule has 0 aromatic heterocycles. The van der Waals surface area contributed by atoms with Gasteiger partial charge in [0.15, 0.2) is 0 Å². The van der Waals surface area contributed by atoms with Crippen LogP contribution in [0.1, 0.15) is 44.1 Å². The Balaban J connectivity index is 1.58. The molecular formula is C18H23Cl2N. The Morgan fingerprint density at radius 2 is 2.00 bits per heavy atom. The van der Waals surface area contributed by atoms with Gasteiger partial charge in [-0.05, 0) is 79.5 Å². The number of hydrogen-bond donors (Lipinski definition) is 1. The second kappa shape index (κ2) is 5.44. The standard InChI is InChI=1S/C18H23Cl2N/c19-15-3-6-17(20)13(8-15)10-18(11-21-16-4-5-16)9-12-1-2-14(18)7-12/h3,6,8,12,14,16,21H,1-2,4-5,7,9-11H2. The fourth-order valence-corrected chi connectivity index (χ4v) is 5.13. The zero-order valence-corrected chi connectivity index (χ0v) is 13.9. The summed E-state index contributed by atoms with van der Waals surface area (Å²) in [5.74, 6) is 1.83. The van der Waals surface area contributed by atoms with Crippen molar-refractivity contribution in [1.29, 1.82) is 0 Å². The number of rotatable bonds is 5. The van der Waals surface area contributed by atoms with Gasteiger partial charge in [0.25, 0.3) is 0 Å². The van der Waals surface area contributed by atoms with Crippen molar-refractivity contribution in [3.05, 3.63) is 33.8 Å². The van der Waals surface area contributed by atoms with Crippen LogP contribution in [0.4, 0.5) is 0 Å². The normalized spacial score (nSPS) is 34.6. The van der Waals surface area contributed by atoms with Crippen molar-refractivity contribution in [3.8, 4) is 0 Å². The minimum Gasteiger partial charge on any atom is -0.313 e. The van der Waals surface area contributed by atoms with Crippen LogP contribution in [0.25, 0.3) is 0 Å². The molecular weight excluding hydrogens is 301 g/mol. The summed E-state index contributed by atoms with van der Waals surface area (Å²) in [6, 6.07) is 6.71. The van der Waals surface area contributed by atoms with E-state index in [1.807, 2.05) is 12.1 Å². The average Bonchev–Trinajstić information content (AvgIpc) is 3.09. The molecule has 3 saturated carbocycles. The number of nitrogens with one attached hydrogen (secondary N) is 1. The van der Waals surface area contributed by atoms with E-state index in [9.17, 15) is 0 Å². The molecule has 1 aromatic carbocycles. The molecule has 3 heteroatoms. The van der Waals surface area contributed by atoms with E-state index in [4.69, 9.17) is 23.2 Å². The molecule has 0 radical (unpaired) electrons. The minimum absolute atomic E-state index is 0.416. The highest BCUT2D eigenvalue weighted by Gasteiger charge is 2.51. The predicted octanol–water partition coefficient (Wildman–Crippen LogP) is 5.09.